The molecular weight excluding hydrogens is 260 g/mol. The third kappa shape index (κ3) is 3.91. The van der Waals surface area contributed by atoms with Crippen molar-refractivity contribution in [2.24, 2.45) is 4.99 Å². The average Bonchev–Trinajstić information content (AvgIpc) is 3.03. The summed E-state index contributed by atoms with van der Waals surface area (Å²) in [5.41, 5.74) is 0. The van der Waals surface area contributed by atoms with E-state index in [-0.39, 0.29) is 6.10 Å². The first-order chi connectivity index (χ1) is 9.22. The maximum atomic E-state index is 9.60. The summed E-state index contributed by atoms with van der Waals surface area (Å²) in [5.74, 6) is 0.882. The summed E-state index contributed by atoms with van der Waals surface area (Å²) >= 11 is 1.72. The van der Waals surface area contributed by atoms with Gasteiger partial charge < -0.3 is 15.3 Å². The number of hydrogen-bond donors (Lipinski definition) is 2. The molecule has 1 aliphatic heterocycles. The minimum Gasteiger partial charge on any atom is -0.391 e. The summed E-state index contributed by atoms with van der Waals surface area (Å²) in [6.45, 7) is 7.18. The second kappa shape index (κ2) is 6.86. The van der Waals surface area contributed by atoms with Crippen LogP contribution >= 0.6 is 11.3 Å². The first-order valence-corrected chi connectivity index (χ1v) is 7.69. The van der Waals surface area contributed by atoms with E-state index in [9.17, 15) is 5.11 Å². The molecule has 0 unspecified atom stereocenters. The van der Waals surface area contributed by atoms with Crippen molar-refractivity contribution in [2.45, 2.75) is 39.3 Å². The third-order valence-corrected chi connectivity index (χ3v) is 4.24. The molecule has 1 aliphatic rings. The number of aliphatic hydroxyl groups is 1. The van der Waals surface area contributed by atoms with Gasteiger partial charge in [-0.1, -0.05) is 6.92 Å². The molecule has 0 amide bonds. The van der Waals surface area contributed by atoms with Crippen LogP contribution in [-0.4, -0.2) is 46.7 Å². The SMILES string of the molecule is CCNC(=NCc1ncc(CC)s1)N1CC[C@@H](O)C1. The molecule has 6 heteroatoms. The Kier molecular flexibility index (Phi) is 5.15. The lowest BCUT2D eigenvalue weighted by Crippen LogP contribution is -2.40. The number of aliphatic hydroxyl groups excluding tert-OH is 1. The highest BCUT2D eigenvalue weighted by Gasteiger charge is 2.22. The molecule has 2 rings (SSSR count). The highest BCUT2D eigenvalue weighted by Crippen LogP contribution is 2.15. The largest absolute Gasteiger partial charge is 0.391 e. The van der Waals surface area contributed by atoms with E-state index in [1.165, 1.54) is 4.88 Å². The van der Waals surface area contributed by atoms with Crippen LogP contribution in [0.25, 0.3) is 0 Å². The van der Waals surface area contributed by atoms with Gasteiger partial charge in [0.15, 0.2) is 5.96 Å². The summed E-state index contributed by atoms with van der Waals surface area (Å²) in [5, 5.41) is 13.9. The van der Waals surface area contributed by atoms with Gasteiger partial charge in [-0.3, -0.25) is 0 Å². The molecule has 0 radical (unpaired) electrons. The van der Waals surface area contributed by atoms with E-state index in [1.807, 2.05) is 6.20 Å². The van der Waals surface area contributed by atoms with Crippen LogP contribution in [0.4, 0.5) is 0 Å². The van der Waals surface area contributed by atoms with Gasteiger partial charge in [0.2, 0.25) is 0 Å². The van der Waals surface area contributed by atoms with Gasteiger partial charge in [-0.25, -0.2) is 9.98 Å². The predicted octanol–water partition coefficient (Wildman–Crippen LogP) is 1.24. The Morgan fingerprint density at radius 1 is 1.63 bits per heavy atom. The molecule has 0 spiro atoms. The minimum atomic E-state index is -0.226. The molecule has 1 saturated heterocycles. The van der Waals surface area contributed by atoms with Gasteiger partial charge >= 0.3 is 0 Å². The van der Waals surface area contributed by atoms with Gasteiger partial charge in [-0.05, 0) is 19.8 Å². The topological polar surface area (TPSA) is 60.8 Å². The Balaban J connectivity index is 1.99. The number of thiazole rings is 1. The van der Waals surface area contributed by atoms with Crippen molar-refractivity contribution >= 4 is 17.3 Å². The van der Waals surface area contributed by atoms with Crippen LogP contribution in [0.5, 0.6) is 0 Å². The average molecular weight is 282 g/mol. The van der Waals surface area contributed by atoms with E-state index >= 15 is 0 Å². The molecular formula is C13H22N4OS. The van der Waals surface area contributed by atoms with E-state index in [0.29, 0.717) is 13.1 Å². The van der Waals surface area contributed by atoms with Gasteiger partial charge in [-0.15, -0.1) is 11.3 Å². The lowest BCUT2D eigenvalue weighted by molar-refractivity contribution is 0.188. The number of aryl methyl sites for hydroxylation is 1. The molecule has 5 nitrogen and oxygen atoms in total. The molecule has 0 saturated carbocycles. The highest BCUT2D eigenvalue weighted by molar-refractivity contribution is 7.11. The van der Waals surface area contributed by atoms with E-state index in [2.05, 4.69) is 34.0 Å². The van der Waals surface area contributed by atoms with Crippen LogP contribution in [-0.2, 0) is 13.0 Å². The fourth-order valence-electron chi connectivity index (χ4n) is 2.09. The number of rotatable bonds is 4. The van der Waals surface area contributed by atoms with Crippen molar-refractivity contribution in [2.75, 3.05) is 19.6 Å². The zero-order valence-corrected chi connectivity index (χ0v) is 12.4. The van der Waals surface area contributed by atoms with Crippen molar-refractivity contribution in [1.29, 1.82) is 0 Å². The van der Waals surface area contributed by atoms with Gasteiger partial charge in [0.05, 0.1) is 12.6 Å². The van der Waals surface area contributed by atoms with E-state index < -0.39 is 0 Å². The van der Waals surface area contributed by atoms with Crippen LogP contribution in [0.3, 0.4) is 0 Å². The van der Waals surface area contributed by atoms with Crippen molar-refractivity contribution < 1.29 is 5.11 Å². The molecule has 19 heavy (non-hydrogen) atoms. The second-order valence-corrected chi connectivity index (χ2v) is 5.83. The fraction of sp³-hybridized carbons (Fsp3) is 0.692. The zero-order chi connectivity index (χ0) is 13.7. The lowest BCUT2D eigenvalue weighted by atomic mass is 10.3. The smallest absolute Gasteiger partial charge is 0.194 e. The minimum absolute atomic E-state index is 0.226. The van der Waals surface area contributed by atoms with Crippen molar-refractivity contribution in [3.63, 3.8) is 0 Å². The molecule has 0 bridgehead atoms. The molecule has 1 aromatic heterocycles. The predicted molar refractivity (Wildman–Crippen MR) is 78.5 cm³/mol. The summed E-state index contributed by atoms with van der Waals surface area (Å²) in [7, 11) is 0. The van der Waals surface area contributed by atoms with Crippen molar-refractivity contribution in [3.8, 4) is 0 Å². The quantitative estimate of drug-likeness (QED) is 0.644. The van der Waals surface area contributed by atoms with Gasteiger partial charge in [0, 0.05) is 30.7 Å². The van der Waals surface area contributed by atoms with Crippen LogP contribution in [0.15, 0.2) is 11.2 Å². The monoisotopic (exact) mass is 282 g/mol. The van der Waals surface area contributed by atoms with Crippen molar-refractivity contribution in [1.82, 2.24) is 15.2 Å². The number of β-amino-alcohol motifs (C(OH)–C–C–N with tert-alkyl or cyclic N) is 1. The normalized spacial score (nSPS) is 20.1. The Hall–Kier alpha value is -1.14. The number of aliphatic imine (C=N–C) groups is 1. The number of hydrogen-bond acceptors (Lipinski definition) is 4. The number of nitrogens with zero attached hydrogens (tertiary/aromatic N) is 3. The number of guanidine groups is 1. The van der Waals surface area contributed by atoms with Crippen LogP contribution < -0.4 is 5.32 Å². The van der Waals surface area contributed by atoms with E-state index in [0.717, 1.165) is 36.9 Å². The number of nitrogens with one attached hydrogen (secondary N) is 1. The molecule has 106 valence electrons. The lowest BCUT2D eigenvalue weighted by Gasteiger charge is -2.20. The maximum absolute atomic E-state index is 9.60. The zero-order valence-electron chi connectivity index (χ0n) is 11.6. The summed E-state index contributed by atoms with van der Waals surface area (Å²) in [4.78, 5) is 12.4. The maximum Gasteiger partial charge on any atom is 0.194 e. The summed E-state index contributed by atoms with van der Waals surface area (Å²) in [6, 6.07) is 0. The molecule has 2 N–H and O–H groups in total. The molecule has 1 atom stereocenters. The van der Waals surface area contributed by atoms with Gasteiger partial charge in [0.25, 0.3) is 0 Å². The van der Waals surface area contributed by atoms with Crippen LogP contribution in [0.2, 0.25) is 0 Å². The first-order valence-electron chi connectivity index (χ1n) is 6.87. The molecule has 1 fully saturated rings. The third-order valence-electron chi connectivity index (χ3n) is 3.11. The Bertz CT molecular complexity index is 432. The highest BCUT2D eigenvalue weighted by atomic mass is 32.1. The Labute approximate surface area is 118 Å². The van der Waals surface area contributed by atoms with Crippen LogP contribution in [0.1, 0.15) is 30.2 Å². The van der Waals surface area contributed by atoms with Gasteiger partial charge in [0.1, 0.15) is 5.01 Å². The summed E-state index contributed by atoms with van der Waals surface area (Å²) in [6.07, 6.45) is 3.55. The Morgan fingerprint density at radius 3 is 3.05 bits per heavy atom. The van der Waals surface area contributed by atoms with Crippen LogP contribution in [0, 0.1) is 0 Å². The van der Waals surface area contributed by atoms with Gasteiger partial charge in [-0.2, -0.15) is 0 Å². The standard InChI is InChI=1S/C13H22N4OS/c1-3-11-7-15-12(19-11)8-16-13(14-4-2)17-6-5-10(18)9-17/h7,10,18H,3-6,8-9H2,1-2H3,(H,14,16)/t10-/m1/s1. The first kappa shape index (κ1) is 14.3. The Morgan fingerprint density at radius 2 is 2.47 bits per heavy atom. The molecule has 1 aromatic rings. The molecule has 0 aromatic carbocycles. The van der Waals surface area contributed by atoms with Crippen molar-refractivity contribution in [3.05, 3.63) is 16.1 Å². The number of likely N-dealkylation sites (tertiary alicyclic amines) is 1. The second-order valence-electron chi connectivity index (χ2n) is 4.63. The summed E-state index contributed by atoms with van der Waals surface area (Å²) < 4.78 is 0. The number of aromatic nitrogens is 1. The molecule has 2 heterocycles. The van der Waals surface area contributed by atoms with E-state index in [1.54, 1.807) is 11.3 Å². The van der Waals surface area contributed by atoms with E-state index in [4.69, 9.17) is 0 Å². The fourth-order valence-corrected chi connectivity index (χ4v) is 2.87. The molecule has 0 aliphatic carbocycles.